The van der Waals surface area contributed by atoms with Gasteiger partial charge in [-0.2, -0.15) is 0 Å². The van der Waals surface area contributed by atoms with E-state index in [0.29, 0.717) is 32.2 Å². The van der Waals surface area contributed by atoms with Crippen molar-refractivity contribution < 1.29 is 23.9 Å². The molecule has 6 nitrogen and oxygen atoms in total. The van der Waals surface area contributed by atoms with Crippen LogP contribution < -0.4 is 5.32 Å². The molecule has 0 saturated heterocycles. The molecule has 0 aliphatic rings. The largest absolute Gasteiger partial charge is 0.469 e. The second-order valence-electron chi connectivity index (χ2n) is 4.87. The number of unbranched alkanes of at least 4 members (excludes halogenated alkanes) is 4. The number of rotatable bonds is 12. The molecule has 0 aliphatic carbocycles. The predicted molar refractivity (Wildman–Crippen MR) is 78.6 cm³/mol. The van der Waals surface area contributed by atoms with Crippen LogP contribution in [0, 0.1) is 0 Å². The van der Waals surface area contributed by atoms with Crippen molar-refractivity contribution in [2.45, 2.75) is 57.8 Å². The first-order valence-corrected chi connectivity index (χ1v) is 7.50. The molecule has 6 heteroatoms. The molecule has 0 atom stereocenters. The standard InChI is InChI=1S/C15H27NO5/c1-20-14(18)10-7-5-3-4-6-9-13(17)16-12-8-11-15(19)21-2/h3-12H2,1-2H3,(H,16,17). The lowest BCUT2D eigenvalue weighted by Gasteiger charge is -2.05. The van der Waals surface area contributed by atoms with Crippen LogP contribution in [0.15, 0.2) is 0 Å². The molecular weight excluding hydrogens is 274 g/mol. The van der Waals surface area contributed by atoms with Gasteiger partial charge in [-0.05, 0) is 19.3 Å². The summed E-state index contributed by atoms with van der Waals surface area (Å²) < 4.78 is 9.07. The summed E-state index contributed by atoms with van der Waals surface area (Å²) in [6.45, 7) is 0.507. The first-order chi connectivity index (χ1) is 10.1. The topological polar surface area (TPSA) is 81.7 Å². The highest BCUT2D eigenvalue weighted by molar-refractivity contribution is 5.75. The Morgan fingerprint density at radius 2 is 1.19 bits per heavy atom. The first-order valence-electron chi connectivity index (χ1n) is 7.50. The van der Waals surface area contributed by atoms with Crippen molar-refractivity contribution in [1.29, 1.82) is 0 Å². The Labute approximate surface area is 126 Å². The van der Waals surface area contributed by atoms with E-state index in [0.717, 1.165) is 32.1 Å². The molecule has 0 heterocycles. The van der Waals surface area contributed by atoms with Gasteiger partial charge in [0.25, 0.3) is 0 Å². The highest BCUT2D eigenvalue weighted by atomic mass is 16.5. The zero-order chi connectivity index (χ0) is 15.9. The Kier molecular flexibility index (Phi) is 12.4. The van der Waals surface area contributed by atoms with Crippen LogP contribution in [0.4, 0.5) is 0 Å². The van der Waals surface area contributed by atoms with Gasteiger partial charge in [0.1, 0.15) is 0 Å². The average molecular weight is 301 g/mol. The van der Waals surface area contributed by atoms with E-state index in [2.05, 4.69) is 14.8 Å². The minimum atomic E-state index is -0.254. The second kappa shape index (κ2) is 13.4. The second-order valence-corrected chi connectivity index (χ2v) is 4.87. The Bertz CT molecular complexity index is 317. The summed E-state index contributed by atoms with van der Waals surface area (Å²) in [5.41, 5.74) is 0. The van der Waals surface area contributed by atoms with Crippen LogP contribution >= 0.6 is 0 Å². The number of methoxy groups -OCH3 is 2. The third-order valence-electron chi connectivity index (χ3n) is 3.12. The van der Waals surface area contributed by atoms with Crippen molar-refractivity contribution in [3.8, 4) is 0 Å². The molecule has 0 rings (SSSR count). The smallest absolute Gasteiger partial charge is 0.305 e. The van der Waals surface area contributed by atoms with Crippen molar-refractivity contribution in [2.24, 2.45) is 0 Å². The summed E-state index contributed by atoms with van der Waals surface area (Å²) in [7, 11) is 2.75. The van der Waals surface area contributed by atoms with E-state index in [4.69, 9.17) is 0 Å². The van der Waals surface area contributed by atoms with Gasteiger partial charge in [-0.25, -0.2) is 0 Å². The van der Waals surface area contributed by atoms with E-state index in [-0.39, 0.29) is 17.8 Å². The van der Waals surface area contributed by atoms with Crippen LogP contribution in [0.1, 0.15) is 57.8 Å². The molecule has 0 fully saturated rings. The average Bonchev–Trinajstić information content (AvgIpc) is 2.49. The van der Waals surface area contributed by atoms with Gasteiger partial charge in [-0.15, -0.1) is 0 Å². The van der Waals surface area contributed by atoms with E-state index in [9.17, 15) is 14.4 Å². The van der Waals surface area contributed by atoms with Crippen molar-refractivity contribution in [3.63, 3.8) is 0 Å². The van der Waals surface area contributed by atoms with Gasteiger partial charge in [0.15, 0.2) is 0 Å². The maximum atomic E-state index is 11.5. The molecule has 0 bridgehead atoms. The van der Waals surface area contributed by atoms with Crippen LogP contribution in [0.2, 0.25) is 0 Å². The number of ether oxygens (including phenoxy) is 2. The maximum absolute atomic E-state index is 11.5. The number of hydrogen-bond acceptors (Lipinski definition) is 5. The van der Waals surface area contributed by atoms with Crippen molar-refractivity contribution in [2.75, 3.05) is 20.8 Å². The number of esters is 2. The van der Waals surface area contributed by atoms with Crippen LogP contribution in [-0.2, 0) is 23.9 Å². The van der Waals surface area contributed by atoms with Gasteiger partial charge in [0.2, 0.25) is 5.91 Å². The fourth-order valence-corrected chi connectivity index (χ4v) is 1.84. The first kappa shape index (κ1) is 19.4. The van der Waals surface area contributed by atoms with Gasteiger partial charge >= 0.3 is 11.9 Å². The van der Waals surface area contributed by atoms with Gasteiger partial charge in [0.05, 0.1) is 14.2 Å². The molecular formula is C15H27NO5. The molecule has 0 aromatic rings. The molecule has 0 radical (unpaired) electrons. The number of amides is 1. The lowest BCUT2D eigenvalue weighted by atomic mass is 10.1. The van der Waals surface area contributed by atoms with Crippen LogP contribution in [0.5, 0.6) is 0 Å². The fraction of sp³-hybridized carbons (Fsp3) is 0.800. The number of nitrogens with one attached hydrogen (secondary N) is 1. The minimum Gasteiger partial charge on any atom is -0.469 e. The van der Waals surface area contributed by atoms with E-state index in [1.165, 1.54) is 14.2 Å². The summed E-state index contributed by atoms with van der Waals surface area (Å²) in [5.74, 6) is -0.396. The lowest BCUT2D eigenvalue weighted by Crippen LogP contribution is -2.24. The molecule has 0 spiro atoms. The molecule has 0 aliphatic heterocycles. The lowest BCUT2D eigenvalue weighted by molar-refractivity contribution is -0.141. The molecule has 122 valence electrons. The third-order valence-corrected chi connectivity index (χ3v) is 3.12. The van der Waals surface area contributed by atoms with Crippen molar-refractivity contribution >= 4 is 17.8 Å². The van der Waals surface area contributed by atoms with Crippen molar-refractivity contribution in [1.82, 2.24) is 5.32 Å². The Morgan fingerprint density at radius 3 is 1.76 bits per heavy atom. The molecule has 0 saturated carbocycles. The molecule has 0 unspecified atom stereocenters. The summed E-state index contributed by atoms with van der Waals surface area (Å²) in [6, 6.07) is 0. The van der Waals surface area contributed by atoms with Gasteiger partial charge in [-0.1, -0.05) is 19.3 Å². The number of carbonyl (C=O) groups is 3. The van der Waals surface area contributed by atoms with E-state index >= 15 is 0 Å². The van der Waals surface area contributed by atoms with E-state index < -0.39 is 0 Å². The van der Waals surface area contributed by atoms with Gasteiger partial charge in [0, 0.05) is 25.8 Å². The minimum absolute atomic E-state index is 0.0226. The quantitative estimate of drug-likeness (QED) is 0.440. The highest BCUT2D eigenvalue weighted by Gasteiger charge is 2.03. The zero-order valence-corrected chi connectivity index (χ0v) is 13.1. The molecule has 0 aromatic heterocycles. The monoisotopic (exact) mass is 301 g/mol. The predicted octanol–water partition coefficient (Wildman–Crippen LogP) is 1.96. The Balaban J connectivity index is 3.30. The van der Waals surface area contributed by atoms with Crippen LogP contribution in [0.3, 0.4) is 0 Å². The number of carbonyl (C=O) groups excluding carboxylic acids is 3. The highest BCUT2D eigenvalue weighted by Crippen LogP contribution is 2.07. The Morgan fingerprint density at radius 1 is 0.714 bits per heavy atom. The molecule has 1 amide bonds. The molecule has 1 N–H and O–H groups in total. The Hall–Kier alpha value is -1.59. The van der Waals surface area contributed by atoms with Crippen molar-refractivity contribution in [3.05, 3.63) is 0 Å². The fourth-order valence-electron chi connectivity index (χ4n) is 1.84. The third kappa shape index (κ3) is 13.2. The van der Waals surface area contributed by atoms with E-state index in [1.807, 2.05) is 0 Å². The SMILES string of the molecule is COC(=O)CCCCCCCC(=O)NCCCC(=O)OC. The number of hydrogen-bond donors (Lipinski definition) is 1. The van der Waals surface area contributed by atoms with E-state index in [1.54, 1.807) is 0 Å². The summed E-state index contributed by atoms with van der Waals surface area (Å²) in [4.78, 5) is 33.2. The molecule has 0 aromatic carbocycles. The summed E-state index contributed by atoms with van der Waals surface area (Å²) in [5, 5.41) is 2.78. The maximum Gasteiger partial charge on any atom is 0.305 e. The van der Waals surface area contributed by atoms with Crippen LogP contribution in [-0.4, -0.2) is 38.6 Å². The zero-order valence-electron chi connectivity index (χ0n) is 13.1. The summed E-state index contributed by atoms with van der Waals surface area (Å²) >= 11 is 0. The molecule has 21 heavy (non-hydrogen) atoms. The normalized spacial score (nSPS) is 10.0. The summed E-state index contributed by atoms with van der Waals surface area (Å²) in [6.07, 6.45) is 6.59. The van der Waals surface area contributed by atoms with Crippen LogP contribution in [0.25, 0.3) is 0 Å². The van der Waals surface area contributed by atoms with Gasteiger partial charge in [-0.3, -0.25) is 14.4 Å². The van der Waals surface area contributed by atoms with Gasteiger partial charge < -0.3 is 14.8 Å².